The number of nitrogens with one attached hydrogen (secondary N) is 1. The van der Waals surface area contributed by atoms with Crippen molar-refractivity contribution in [3.63, 3.8) is 0 Å². The van der Waals surface area contributed by atoms with Crippen molar-refractivity contribution in [2.24, 2.45) is 0 Å². The molecule has 0 aliphatic carbocycles. The number of aromatic amines is 1. The second kappa shape index (κ2) is 3.56. The highest BCUT2D eigenvalue weighted by atomic mass is 19.1. The van der Waals surface area contributed by atoms with Crippen LogP contribution in [0.2, 0.25) is 0 Å². The number of hydrogen-bond acceptors (Lipinski definition) is 3. The van der Waals surface area contributed by atoms with Crippen molar-refractivity contribution in [2.75, 3.05) is 0 Å². The Balaban J connectivity index is 2.42. The van der Waals surface area contributed by atoms with Gasteiger partial charge in [-0.05, 0) is 12.1 Å². The number of benzene rings is 1. The van der Waals surface area contributed by atoms with Crippen molar-refractivity contribution in [1.82, 2.24) is 15.2 Å². The number of rotatable bonds is 2. The molecule has 0 aliphatic rings. The van der Waals surface area contributed by atoms with Gasteiger partial charge in [0, 0.05) is 6.07 Å². The smallest absolute Gasteiger partial charge is 0.232 e. The summed E-state index contributed by atoms with van der Waals surface area (Å²) in [5.74, 6) is -2.40. The molecular weight excluding hydrogens is 204 g/mol. The highest BCUT2D eigenvalue weighted by molar-refractivity contribution is 6.06. The summed E-state index contributed by atoms with van der Waals surface area (Å²) in [6.07, 6.45) is 1.13. The molecule has 2 aromatic rings. The molecule has 1 heterocycles. The molecule has 1 N–H and O–H groups in total. The van der Waals surface area contributed by atoms with Crippen LogP contribution in [0.3, 0.4) is 0 Å². The number of H-pyrrole nitrogens is 1. The molecule has 0 bridgehead atoms. The van der Waals surface area contributed by atoms with E-state index in [1.807, 2.05) is 0 Å². The summed E-state index contributed by atoms with van der Waals surface area (Å²) in [6.45, 7) is 0. The molecular formula is C9H5F2N3O. The largest absolute Gasteiger partial charge is 0.285 e. The van der Waals surface area contributed by atoms with E-state index in [4.69, 9.17) is 0 Å². The normalized spacial score (nSPS) is 10.3. The maximum absolute atomic E-state index is 13.2. The number of carbonyl (C=O) groups is 1. The van der Waals surface area contributed by atoms with Crippen molar-refractivity contribution >= 4 is 5.78 Å². The van der Waals surface area contributed by atoms with Crippen LogP contribution in [0.25, 0.3) is 0 Å². The highest BCUT2D eigenvalue weighted by Gasteiger charge is 2.16. The zero-order valence-corrected chi connectivity index (χ0v) is 7.37. The Hall–Kier alpha value is -2.11. The number of nitrogens with zero attached hydrogens (tertiary/aromatic N) is 2. The summed E-state index contributed by atoms with van der Waals surface area (Å²) in [5, 5.41) is 5.77. The van der Waals surface area contributed by atoms with Crippen LogP contribution in [-0.4, -0.2) is 21.0 Å². The molecule has 0 atom stereocenters. The van der Waals surface area contributed by atoms with E-state index in [1.165, 1.54) is 0 Å². The summed E-state index contributed by atoms with van der Waals surface area (Å²) in [4.78, 5) is 15.1. The molecule has 4 nitrogen and oxygen atoms in total. The first-order chi connectivity index (χ1) is 7.18. The van der Waals surface area contributed by atoms with Gasteiger partial charge in [-0.2, -0.15) is 5.10 Å². The Bertz CT molecular complexity index is 496. The van der Waals surface area contributed by atoms with E-state index >= 15 is 0 Å². The molecule has 0 fully saturated rings. The average Bonchev–Trinajstić information content (AvgIpc) is 2.69. The number of ketones is 1. The van der Waals surface area contributed by atoms with Gasteiger partial charge in [0.05, 0.1) is 5.56 Å². The first-order valence-corrected chi connectivity index (χ1v) is 4.03. The predicted molar refractivity (Wildman–Crippen MR) is 46.2 cm³/mol. The second-order valence-corrected chi connectivity index (χ2v) is 2.79. The van der Waals surface area contributed by atoms with Gasteiger partial charge in [-0.15, -0.1) is 0 Å². The highest BCUT2D eigenvalue weighted by Crippen LogP contribution is 2.12. The zero-order valence-electron chi connectivity index (χ0n) is 7.37. The van der Waals surface area contributed by atoms with Gasteiger partial charge in [0.1, 0.15) is 18.0 Å². The van der Waals surface area contributed by atoms with E-state index in [0.29, 0.717) is 6.07 Å². The Morgan fingerprint density at radius 1 is 1.33 bits per heavy atom. The summed E-state index contributed by atoms with van der Waals surface area (Å²) >= 11 is 0. The third-order valence-electron chi connectivity index (χ3n) is 1.81. The minimum atomic E-state index is -0.920. The molecule has 0 spiro atoms. The van der Waals surface area contributed by atoms with Crippen LogP contribution in [0.15, 0.2) is 24.5 Å². The van der Waals surface area contributed by atoms with Crippen LogP contribution in [0.1, 0.15) is 16.2 Å². The number of carbonyl (C=O) groups excluding carboxylic acids is 1. The molecule has 0 saturated heterocycles. The van der Waals surface area contributed by atoms with Crippen molar-refractivity contribution < 1.29 is 13.6 Å². The third kappa shape index (κ3) is 1.74. The van der Waals surface area contributed by atoms with Crippen molar-refractivity contribution in [3.05, 3.63) is 47.5 Å². The van der Waals surface area contributed by atoms with Crippen LogP contribution in [0.5, 0.6) is 0 Å². The molecule has 0 saturated carbocycles. The van der Waals surface area contributed by atoms with Gasteiger partial charge in [-0.3, -0.25) is 9.89 Å². The van der Waals surface area contributed by atoms with Crippen molar-refractivity contribution in [2.45, 2.75) is 0 Å². The summed E-state index contributed by atoms with van der Waals surface area (Å²) in [7, 11) is 0. The molecule has 76 valence electrons. The number of hydrogen-bond donors (Lipinski definition) is 1. The van der Waals surface area contributed by atoms with Gasteiger partial charge in [0.25, 0.3) is 0 Å². The molecule has 6 heteroatoms. The lowest BCUT2D eigenvalue weighted by molar-refractivity contribution is 0.102. The van der Waals surface area contributed by atoms with Crippen LogP contribution in [0.4, 0.5) is 8.78 Å². The van der Waals surface area contributed by atoms with E-state index in [0.717, 1.165) is 18.5 Å². The van der Waals surface area contributed by atoms with E-state index < -0.39 is 17.4 Å². The lowest BCUT2D eigenvalue weighted by Crippen LogP contribution is -2.06. The quantitative estimate of drug-likeness (QED) is 0.758. The fourth-order valence-corrected chi connectivity index (χ4v) is 1.12. The van der Waals surface area contributed by atoms with Gasteiger partial charge < -0.3 is 0 Å². The minimum Gasteiger partial charge on any atom is -0.285 e. The first-order valence-electron chi connectivity index (χ1n) is 4.03. The standard InChI is InChI=1S/C9H5F2N3O/c10-5-1-2-6(7(11)3-5)8(15)9-12-4-13-14-9/h1-4H,(H,12,13,14). The second-order valence-electron chi connectivity index (χ2n) is 2.79. The molecule has 15 heavy (non-hydrogen) atoms. The lowest BCUT2D eigenvalue weighted by atomic mass is 10.1. The topological polar surface area (TPSA) is 58.6 Å². The summed E-state index contributed by atoms with van der Waals surface area (Å²) < 4.78 is 25.7. The SMILES string of the molecule is O=C(c1ncn[nH]1)c1ccc(F)cc1F. The Kier molecular flexibility index (Phi) is 2.24. The maximum atomic E-state index is 13.2. The first kappa shape index (κ1) is 9.45. The zero-order chi connectivity index (χ0) is 10.8. The molecule has 0 amide bonds. The third-order valence-corrected chi connectivity index (χ3v) is 1.81. The van der Waals surface area contributed by atoms with Crippen LogP contribution < -0.4 is 0 Å². The molecule has 1 aromatic carbocycles. The van der Waals surface area contributed by atoms with Gasteiger partial charge in [-0.25, -0.2) is 13.8 Å². The van der Waals surface area contributed by atoms with E-state index in [2.05, 4.69) is 15.2 Å². The van der Waals surface area contributed by atoms with E-state index in [9.17, 15) is 13.6 Å². The Labute approximate surface area is 83.0 Å². The van der Waals surface area contributed by atoms with Crippen LogP contribution in [0, 0.1) is 11.6 Å². The van der Waals surface area contributed by atoms with E-state index in [1.54, 1.807) is 0 Å². The average molecular weight is 209 g/mol. The van der Waals surface area contributed by atoms with Gasteiger partial charge in [-0.1, -0.05) is 0 Å². The number of aromatic nitrogens is 3. The minimum absolute atomic E-state index is 0.0829. The number of halogens is 2. The summed E-state index contributed by atoms with van der Waals surface area (Å²) in [5.41, 5.74) is -0.242. The molecule has 0 radical (unpaired) electrons. The fraction of sp³-hybridized carbons (Fsp3) is 0. The van der Waals surface area contributed by atoms with Crippen molar-refractivity contribution in [1.29, 1.82) is 0 Å². The molecule has 0 unspecified atom stereocenters. The molecule has 1 aromatic heterocycles. The molecule has 2 rings (SSSR count). The Morgan fingerprint density at radius 2 is 2.13 bits per heavy atom. The van der Waals surface area contributed by atoms with E-state index in [-0.39, 0.29) is 11.4 Å². The fourth-order valence-electron chi connectivity index (χ4n) is 1.12. The summed E-state index contributed by atoms with van der Waals surface area (Å²) in [6, 6.07) is 2.71. The van der Waals surface area contributed by atoms with Crippen molar-refractivity contribution in [3.8, 4) is 0 Å². The van der Waals surface area contributed by atoms with Crippen LogP contribution in [-0.2, 0) is 0 Å². The van der Waals surface area contributed by atoms with Gasteiger partial charge in [0.2, 0.25) is 5.78 Å². The lowest BCUT2D eigenvalue weighted by Gasteiger charge is -1.98. The van der Waals surface area contributed by atoms with Crippen LogP contribution >= 0.6 is 0 Å². The Morgan fingerprint density at radius 3 is 2.73 bits per heavy atom. The van der Waals surface area contributed by atoms with Gasteiger partial charge >= 0.3 is 0 Å². The monoisotopic (exact) mass is 209 g/mol. The molecule has 0 aliphatic heterocycles. The van der Waals surface area contributed by atoms with Gasteiger partial charge in [0.15, 0.2) is 5.82 Å². The maximum Gasteiger partial charge on any atom is 0.232 e. The predicted octanol–water partition coefficient (Wildman–Crippen LogP) is 1.31.